The number of hydrogen-bond donors (Lipinski definition) is 1. The fourth-order valence-electron chi connectivity index (χ4n) is 5.03. The molecular weight excluding hydrogens is 468 g/mol. The maximum Gasteiger partial charge on any atom is 0.233 e. The first-order valence-corrected chi connectivity index (χ1v) is 14.4. The lowest BCUT2D eigenvalue weighted by atomic mass is 9.87. The second-order valence-corrected chi connectivity index (χ2v) is 12.3. The Morgan fingerprint density at radius 1 is 1.21 bits per heavy atom. The van der Waals surface area contributed by atoms with Crippen molar-refractivity contribution in [2.45, 2.75) is 48.3 Å². The Hall–Kier alpha value is -2.07. The van der Waals surface area contributed by atoms with Gasteiger partial charge in [-0.2, -0.15) is 0 Å². The third kappa shape index (κ3) is 5.76. The van der Waals surface area contributed by atoms with Crippen molar-refractivity contribution in [3.63, 3.8) is 0 Å². The highest BCUT2D eigenvalue weighted by Gasteiger charge is 2.33. The van der Waals surface area contributed by atoms with Crippen LogP contribution in [0.5, 0.6) is 0 Å². The Kier molecular flexibility index (Phi) is 8.18. The van der Waals surface area contributed by atoms with Crippen molar-refractivity contribution in [1.82, 2.24) is 14.8 Å². The van der Waals surface area contributed by atoms with Crippen LogP contribution in [-0.4, -0.2) is 67.7 Å². The van der Waals surface area contributed by atoms with E-state index in [-0.39, 0.29) is 16.7 Å². The molecule has 1 aromatic carbocycles. The summed E-state index contributed by atoms with van der Waals surface area (Å²) in [5, 5.41) is 4.60. The Bertz CT molecular complexity index is 1060. The Morgan fingerprint density at radius 2 is 1.88 bits per heavy atom. The van der Waals surface area contributed by atoms with Gasteiger partial charge in [-0.25, -0.2) is 13.4 Å². The van der Waals surface area contributed by atoms with Gasteiger partial charge in [-0.3, -0.25) is 9.69 Å². The largest absolute Gasteiger partial charge is 0.304 e. The lowest BCUT2D eigenvalue weighted by molar-refractivity contribution is -0.118. The molecule has 184 valence electrons. The molecule has 0 radical (unpaired) electrons. The molecule has 2 aliphatic rings. The van der Waals surface area contributed by atoms with Gasteiger partial charge in [0.05, 0.1) is 10.8 Å². The van der Waals surface area contributed by atoms with E-state index < -0.39 is 15.2 Å². The maximum absolute atomic E-state index is 13.4. The zero-order chi connectivity index (χ0) is 24.1. The molecule has 0 bridgehead atoms. The van der Waals surface area contributed by atoms with Gasteiger partial charge in [0.2, 0.25) is 5.91 Å². The zero-order valence-electron chi connectivity index (χ0n) is 19.7. The number of nitrogens with one attached hydrogen (secondary N) is 1. The second-order valence-electron chi connectivity index (χ2n) is 9.34. The molecule has 1 N–H and O–H groups in total. The third-order valence-corrected chi connectivity index (χ3v) is 9.80. The van der Waals surface area contributed by atoms with E-state index in [1.807, 2.05) is 17.3 Å². The van der Waals surface area contributed by atoms with E-state index in [0.717, 1.165) is 37.9 Å². The predicted molar refractivity (Wildman–Crippen MR) is 137 cm³/mol. The molecule has 34 heavy (non-hydrogen) atoms. The summed E-state index contributed by atoms with van der Waals surface area (Å²) in [5.74, 6) is 0.0910. The second kappa shape index (κ2) is 11.1. The van der Waals surface area contributed by atoms with Gasteiger partial charge in [0, 0.05) is 37.8 Å². The molecule has 1 aliphatic heterocycles. The monoisotopic (exact) mass is 502 g/mol. The topological polar surface area (TPSA) is 82.6 Å². The highest BCUT2D eigenvalue weighted by molar-refractivity contribution is 7.92. The summed E-state index contributed by atoms with van der Waals surface area (Å²) in [6, 6.07) is 6.90. The molecule has 2 unspecified atom stereocenters. The number of likely N-dealkylation sites (N-methyl/N-ethyl adjacent to an activating group) is 1. The summed E-state index contributed by atoms with van der Waals surface area (Å²) in [6.45, 7) is 6.85. The number of hydrogen-bond acceptors (Lipinski definition) is 7. The van der Waals surface area contributed by atoms with Crippen LogP contribution in [0.4, 0.5) is 5.13 Å². The van der Waals surface area contributed by atoms with E-state index in [9.17, 15) is 13.2 Å². The van der Waals surface area contributed by atoms with Crippen molar-refractivity contribution in [1.29, 1.82) is 0 Å². The lowest BCUT2D eigenvalue weighted by Crippen LogP contribution is -2.50. The van der Waals surface area contributed by atoms with Crippen LogP contribution in [0.3, 0.4) is 0 Å². The van der Waals surface area contributed by atoms with Gasteiger partial charge in [0.25, 0.3) is 0 Å². The number of thiazole rings is 1. The van der Waals surface area contributed by atoms with Crippen LogP contribution >= 0.6 is 11.3 Å². The van der Waals surface area contributed by atoms with Crippen LogP contribution in [0, 0.1) is 5.92 Å². The number of benzene rings is 1. The number of sulfone groups is 1. The molecule has 2 fully saturated rings. The highest BCUT2D eigenvalue weighted by atomic mass is 32.2. The molecular formula is C25H34N4O3S2. The Balaban J connectivity index is 1.54. The van der Waals surface area contributed by atoms with Gasteiger partial charge >= 0.3 is 0 Å². The normalized spacial score (nSPS) is 20.1. The first-order valence-electron chi connectivity index (χ1n) is 12.0. The summed E-state index contributed by atoms with van der Waals surface area (Å²) in [6.07, 6.45) is 8.65. The number of rotatable bonds is 9. The average molecular weight is 503 g/mol. The van der Waals surface area contributed by atoms with E-state index in [4.69, 9.17) is 0 Å². The maximum atomic E-state index is 13.4. The minimum Gasteiger partial charge on any atom is -0.304 e. The molecule has 2 aromatic rings. The van der Waals surface area contributed by atoms with Gasteiger partial charge in [0.1, 0.15) is 5.37 Å². The molecule has 1 saturated carbocycles. The zero-order valence-corrected chi connectivity index (χ0v) is 21.4. The van der Waals surface area contributed by atoms with Crippen LogP contribution in [0.15, 0.2) is 53.4 Å². The van der Waals surface area contributed by atoms with E-state index >= 15 is 0 Å². The number of piperazine rings is 1. The summed E-state index contributed by atoms with van der Waals surface area (Å²) >= 11 is 1.39. The molecule has 1 amide bonds. The summed E-state index contributed by atoms with van der Waals surface area (Å²) in [5.41, 5.74) is 0.842. The standard InChI is InChI=1S/C25H34N4O3S2/c1-3-23(29-15-13-28(2)14-16-29)34(31,32)21-10-8-20(9-11-21)22(18-19-6-4-5-7-19)24(30)27-25-26-12-17-33-25/h3,8-12,17,19,22-23H,1,4-7,13-16,18H2,2H3,(H,26,27,30). The molecule has 2 atom stereocenters. The number of nitrogens with zero attached hydrogens (tertiary/aromatic N) is 3. The Labute approximate surface area is 206 Å². The van der Waals surface area contributed by atoms with E-state index in [1.165, 1.54) is 30.3 Å². The van der Waals surface area contributed by atoms with Crippen LogP contribution in [0.2, 0.25) is 0 Å². The average Bonchev–Trinajstić information content (AvgIpc) is 3.53. The summed E-state index contributed by atoms with van der Waals surface area (Å²) in [7, 11) is -1.57. The van der Waals surface area contributed by atoms with Crippen molar-refractivity contribution >= 4 is 32.2 Å². The van der Waals surface area contributed by atoms with Crippen molar-refractivity contribution < 1.29 is 13.2 Å². The minimum absolute atomic E-state index is 0.0844. The van der Waals surface area contributed by atoms with Gasteiger partial charge in [0.15, 0.2) is 15.0 Å². The molecule has 1 aliphatic carbocycles. The van der Waals surface area contributed by atoms with E-state index in [0.29, 0.717) is 24.1 Å². The first-order chi connectivity index (χ1) is 16.4. The molecule has 7 nitrogen and oxygen atoms in total. The first kappa shape index (κ1) is 25.0. The van der Waals surface area contributed by atoms with E-state index in [1.54, 1.807) is 30.5 Å². The lowest BCUT2D eigenvalue weighted by Gasteiger charge is -2.36. The third-order valence-electron chi connectivity index (χ3n) is 7.05. The molecule has 1 saturated heterocycles. The number of aromatic nitrogens is 1. The van der Waals surface area contributed by atoms with Crippen molar-refractivity contribution in [2.24, 2.45) is 5.92 Å². The molecule has 0 spiro atoms. The summed E-state index contributed by atoms with van der Waals surface area (Å²) < 4.78 is 26.9. The summed E-state index contributed by atoms with van der Waals surface area (Å²) in [4.78, 5) is 21.8. The SMILES string of the molecule is C=CC(N1CCN(C)CC1)S(=O)(=O)c1ccc(C(CC2CCCC2)C(=O)Nc2nccs2)cc1. The number of carbonyl (C=O) groups excluding carboxylic acids is 1. The molecule has 4 rings (SSSR count). The molecule has 9 heteroatoms. The van der Waals surface area contributed by atoms with Crippen molar-refractivity contribution in [3.05, 3.63) is 54.1 Å². The van der Waals surface area contributed by atoms with Gasteiger partial charge in [-0.15, -0.1) is 17.9 Å². The van der Waals surface area contributed by atoms with E-state index in [2.05, 4.69) is 21.8 Å². The smallest absolute Gasteiger partial charge is 0.233 e. The fraction of sp³-hybridized carbons (Fsp3) is 0.520. The minimum atomic E-state index is -3.61. The predicted octanol–water partition coefficient (Wildman–Crippen LogP) is 3.98. The van der Waals surface area contributed by atoms with Crippen molar-refractivity contribution in [2.75, 3.05) is 38.5 Å². The Morgan fingerprint density at radius 3 is 2.47 bits per heavy atom. The van der Waals surface area contributed by atoms with Crippen LogP contribution < -0.4 is 5.32 Å². The number of carbonyl (C=O) groups is 1. The number of anilines is 1. The molecule has 2 heterocycles. The highest BCUT2D eigenvalue weighted by Crippen LogP contribution is 2.35. The van der Waals surface area contributed by atoms with Crippen LogP contribution in [0.25, 0.3) is 0 Å². The van der Waals surface area contributed by atoms with Gasteiger partial charge in [-0.1, -0.05) is 43.9 Å². The van der Waals surface area contributed by atoms with Gasteiger partial charge in [-0.05, 0) is 37.1 Å². The van der Waals surface area contributed by atoms with Crippen LogP contribution in [0.1, 0.15) is 43.6 Å². The quantitative estimate of drug-likeness (QED) is 0.523. The fourth-order valence-corrected chi connectivity index (χ4v) is 7.21. The molecule has 1 aromatic heterocycles. The van der Waals surface area contributed by atoms with Crippen LogP contribution in [-0.2, 0) is 14.6 Å². The van der Waals surface area contributed by atoms with Gasteiger partial charge < -0.3 is 10.2 Å². The number of amides is 1. The van der Waals surface area contributed by atoms with Crippen molar-refractivity contribution in [3.8, 4) is 0 Å².